The molecule has 7 aromatic carbocycles. The number of benzene rings is 7. The minimum Gasteiger partial charge on any atom is -0.507 e. The van der Waals surface area contributed by atoms with Crippen molar-refractivity contribution in [2.45, 2.75) is 52.4 Å². The van der Waals surface area contributed by atoms with Gasteiger partial charge in [0, 0.05) is 28.5 Å². The molecule has 0 unspecified atom stereocenters. The van der Waals surface area contributed by atoms with Crippen LogP contribution in [0.2, 0.25) is 0 Å². The zero-order valence-electron chi connectivity index (χ0n) is 35.1. The molecule has 0 saturated heterocycles. The third kappa shape index (κ3) is 7.30. The zero-order valence-corrected chi connectivity index (χ0v) is 35.1. The molecule has 0 atom stereocenters. The Morgan fingerprint density at radius 3 is 1.70 bits per heavy atom. The van der Waals surface area contributed by atoms with E-state index in [1.165, 1.54) is 0 Å². The first-order chi connectivity index (χ1) is 28.9. The lowest BCUT2D eigenvalue weighted by atomic mass is 9.79. The summed E-state index contributed by atoms with van der Waals surface area (Å²) in [6.07, 6.45) is 1.89. The lowest BCUT2D eigenvalue weighted by molar-refractivity contribution is 0.446. The number of aromatic nitrogens is 3. The Labute approximate surface area is 353 Å². The fourth-order valence-corrected chi connectivity index (χ4v) is 8.20. The van der Waals surface area contributed by atoms with Gasteiger partial charge in [-0.15, -0.1) is 0 Å². The van der Waals surface area contributed by atoms with Crippen LogP contribution in [0, 0.1) is 0 Å². The maximum atomic E-state index is 12.4. The van der Waals surface area contributed by atoms with E-state index in [0.717, 1.165) is 83.6 Å². The van der Waals surface area contributed by atoms with E-state index >= 15 is 0 Å². The van der Waals surface area contributed by atoms with Crippen LogP contribution in [0.4, 0.5) is 0 Å². The highest BCUT2D eigenvalue weighted by Gasteiger charge is 2.29. The fraction of sp³-hybridized carbons (Fsp3) is 0.143. The van der Waals surface area contributed by atoms with Gasteiger partial charge in [-0.05, 0) is 92.2 Å². The second-order valence-corrected chi connectivity index (χ2v) is 17.7. The lowest BCUT2D eigenvalue weighted by Crippen LogP contribution is -2.17. The molecule has 0 fully saturated rings. The average molecular weight is 780 g/mol. The van der Waals surface area contributed by atoms with Crippen molar-refractivity contribution in [1.82, 2.24) is 14.5 Å². The second kappa shape index (κ2) is 15.3. The van der Waals surface area contributed by atoms with Crippen LogP contribution < -0.4 is 0 Å². The molecule has 0 bridgehead atoms. The molecule has 0 amide bonds. The van der Waals surface area contributed by atoms with Gasteiger partial charge >= 0.3 is 0 Å². The zero-order chi connectivity index (χ0) is 41.6. The number of pyridine rings is 1. The van der Waals surface area contributed by atoms with Crippen LogP contribution in [0.25, 0.3) is 83.9 Å². The molecule has 0 saturated carbocycles. The Morgan fingerprint density at radius 1 is 0.450 bits per heavy atom. The summed E-state index contributed by atoms with van der Waals surface area (Å²) in [5.41, 5.74) is 15.7. The van der Waals surface area contributed by atoms with Gasteiger partial charge in [0.15, 0.2) is 0 Å². The van der Waals surface area contributed by atoms with E-state index in [9.17, 15) is 5.11 Å². The van der Waals surface area contributed by atoms with E-state index in [1.807, 2.05) is 12.3 Å². The highest BCUT2D eigenvalue weighted by Crippen LogP contribution is 2.46. The first-order valence-electron chi connectivity index (χ1n) is 20.7. The van der Waals surface area contributed by atoms with Gasteiger partial charge in [0.2, 0.25) is 0 Å². The number of phenolic OH excluding ortho intramolecular Hbond substituents is 1. The van der Waals surface area contributed by atoms with Gasteiger partial charge in [-0.25, -0.2) is 4.98 Å². The van der Waals surface area contributed by atoms with E-state index in [4.69, 9.17) is 9.97 Å². The van der Waals surface area contributed by atoms with Crippen molar-refractivity contribution in [3.63, 3.8) is 0 Å². The topological polar surface area (TPSA) is 50.9 Å². The molecule has 4 nitrogen and oxygen atoms in total. The molecule has 0 aliphatic heterocycles. The van der Waals surface area contributed by atoms with Gasteiger partial charge in [0.05, 0.1) is 28.0 Å². The maximum absolute atomic E-state index is 12.4. The van der Waals surface area contributed by atoms with Crippen LogP contribution in [-0.4, -0.2) is 19.6 Å². The summed E-state index contributed by atoms with van der Waals surface area (Å²) in [7, 11) is 0. The fourth-order valence-electron chi connectivity index (χ4n) is 8.20. The highest BCUT2D eigenvalue weighted by atomic mass is 16.3. The van der Waals surface area contributed by atoms with Gasteiger partial charge in [-0.1, -0.05) is 175 Å². The number of imidazole rings is 1. The molecule has 0 aliphatic carbocycles. The van der Waals surface area contributed by atoms with E-state index in [2.05, 4.69) is 216 Å². The maximum Gasteiger partial charge on any atom is 0.149 e. The third-order valence-corrected chi connectivity index (χ3v) is 11.5. The van der Waals surface area contributed by atoms with Crippen LogP contribution >= 0.6 is 0 Å². The normalized spacial score (nSPS) is 11.9. The molecule has 2 aromatic heterocycles. The van der Waals surface area contributed by atoms with E-state index in [1.54, 1.807) is 0 Å². The Kier molecular flexibility index (Phi) is 9.80. The largest absolute Gasteiger partial charge is 0.507 e. The van der Waals surface area contributed by atoms with Crippen molar-refractivity contribution in [1.29, 1.82) is 0 Å². The molecular weight excluding hydrogens is 731 g/mol. The molecule has 2 heterocycles. The summed E-state index contributed by atoms with van der Waals surface area (Å²) < 4.78 is 2.26. The summed E-state index contributed by atoms with van der Waals surface area (Å²) >= 11 is 0. The predicted octanol–water partition coefficient (Wildman–Crippen LogP) is 14.7. The molecular formula is C56H49N3O. The molecule has 9 rings (SSSR count). The van der Waals surface area contributed by atoms with E-state index in [0.29, 0.717) is 11.4 Å². The van der Waals surface area contributed by atoms with Crippen molar-refractivity contribution < 1.29 is 5.11 Å². The minimum absolute atomic E-state index is 0.177. The Morgan fingerprint density at radius 2 is 1.05 bits per heavy atom. The number of rotatable bonds is 7. The summed E-state index contributed by atoms with van der Waals surface area (Å²) in [5, 5.41) is 12.4. The molecule has 0 radical (unpaired) electrons. The van der Waals surface area contributed by atoms with Gasteiger partial charge in [-0.3, -0.25) is 9.55 Å². The number of fused-ring (bicyclic) bond motifs is 1. The molecule has 0 aliphatic rings. The van der Waals surface area contributed by atoms with Crippen molar-refractivity contribution in [3.8, 4) is 78.6 Å². The average Bonchev–Trinajstić information content (AvgIpc) is 3.66. The van der Waals surface area contributed by atoms with Crippen molar-refractivity contribution in [3.05, 3.63) is 193 Å². The number of aromatic hydroxyl groups is 1. The first kappa shape index (κ1) is 38.5. The lowest BCUT2D eigenvalue weighted by Gasteiger charge is -2.27. The Bertz CT molecular complexity index is 2990. The van der Waals surface area contributed by atoms with Crippen molar-refractivity contribution in [2.24, 2.45) is 0 Å². The smallest absolute Gasteiger partial charge is 0.149 e. The third-order valence-electron chi connectivity index (χ3n) is 11.5. The molecule has 1 N–H and O–H groups in total. The van der Waals surface area contributed by atoms with Crippen LogP contribution in [0.3, 0.4) is 0 Å². The minimum atomic E-state index is -0.319. The summed E-state index contributed by atoms with van der Waals surface area (Å²) in [5.74, 6) is 0.937. The molecule has 0 spiro atoms. The molecule has 9 aromatic rings. The molecule has 4 heteroatoms. The van der Waals surface area contributed by atoms with Gasteiger partial charge in [0.1, 0.15) is 11.6 Å². The van der Waals surface area contributed by atoms with Gasteiger partial charge in [0.25, 0.3) is 0 Å². The summed E-state index contributed by atoms with van der Waals surface area (Å²) in [6.45, 7) is 13.2. The number of hydrogen-bond donors (Lipinski definition) is 1. The first-order valence-corrected chi connectivity index (χ1v) is 20.7. The number of phenols is 1. The van der Waals surface area contributed by atoms with Gasteiger partial charge in [-0.2, -0.15) is 0 Å². The number of nitrogens with zero attached hydrogens (tertiary/aromatic N) is 3. The SMILES string of the molecule is CC(C)(C)c1cc(-c2nc3c(-c4cccc(-c5cc(-c6ccccc6)ccn5)c4)cccc3n2-c2ccc(-c3ccccc3)cc2-c2ccccc2)c(O)c(C(C)(C)C)c1. The van der Waals surface area contributed by atoms with E-state index < -0.39 is 0 Å². The summed E-state index contributed by atoms with van der Waals surface area (Å²) in [6, 6.07) is 61.7. The molecule has 294 valence electrons. The Balaban J connectivity index is 1.32. The molecule has 60 heavy (non-hydrogen) atoms. The van der Waals surface area contributed by atoms with Gasteiger partial charge < -0.3 is 5.11 Å². The van der Waals surface area contributed by atoms with Crippen molar-refractivity contribution in [2.75, 3.05) is 0 Å². The monoisotopic (exact) mass is 779 g/mol. The second-order valence-electron chi connectivity index (χ2n) is 17.7. The number of hydrogen-bond acceptors (Lipinski definition) is 3. The van der Waals surface area contributed by atoms with Crippen LogP contribution in [0.15, 0.2) is 182 Å². The number of para-hydroxylation sites is 1. The van der Waals surface area contributed by atoms with E-state index in [-0.39, 0.29) is 16.6 Å². The van der Waals surface area contributed by atoms with Crippen LogP contribution in [-0.2, 0) is 10.8 Å². The van der Waals surface area contributed by atoms with Crippen LogP contribution in [0.1, 0.15) is 52.7 Å². The van der Waals surface area contributed by atoms with Crippen LogP contribution in [0.5, 0.6) is 5.75 Å². The standard InChI is InChI=1S/C56H49N3O/c1-55(2,3)44-35-47(53(60)48(36-44)56(4,5)6)54-58-52-45(42-24-16-25-43(32-42)49-34-41(30-31-57-49)38-20-12-8-13-21-38)26-17-27-51(52)59(54)50-29-28-40(37-18-10-7-11-19-37)33-46(50)39-22-14-9-15-23-39/h7-36,60H,1-6H3. The predicted molar refractivity (Wildman–Crippen MR) is 251 cm³/mol. The summed E-state index contributed by atoms with van der Waals surface area (Å²) in [4.78, 5) is 10.4. The van der Waals surface area contributed by atoms with Crippen molar-refractivity contribution >= 4 is 11.0 Å². The highest BCUT2D eigenvalue weighted by molar-refractivity contribution is 5.98. The Hall–Kier alpha value is -7.04. The quantitative estimate of drug-likeness (QED) is 0.175.